The second-order valence-electron chi connectivity index (χ2n) is 5.22. The number of pyridine rings is 1. The lowest BCUT2D eigenvalue weighted by Gasteiger charge is -2.35. The highest BCUT2D eigenvalue weighted by Crippen LogP contribution is 2.23. The lowest BCUT2D eigenvalue weighted by Crippen LogP contribution is -2.42. The average molecular weight is 264 g/mol. The van der Waals surface area contributed by atoms with Crippen molar-refractivity contribution < 1.29 is 4.74 Å². The minimum absolute atomic E-state index is 0.469. The molecular formula is C14H24N4O. The molecule has 5 nitrogen and oxygen atoms in total. The molecule has 0 aliphatic carbocycles. The summed E-state index contributed by atoms with van der Waals surface area (Å²) < 4.78 is 5.42. The van der Waals surface area contributed by atoms with E-state index in [0.717, 1.165) is 25.2 Å². The van der Waals surface area contributed by atoms with Crippen LogP contribution >= 0.6 is 0 Å². The molecule has 1 aromatic heterocycles. The molecule has 19 heavy (non-hydrogen) atoms. The average Bonchev–Trinajstić information content (AvgIpc) is 2.38. The van der Waals surface area contributed by atoms with Crippen LogP contribution in [0.3, 0.4) is 0 Å². The quantitative estimate of drug-likeness (QED) is 0.870. The van der Waals surface area contributed by atoms with Crippen LogP contribution < -0.4 is 15.8 Å². The van der Waals surface area contributed by atoms with Crippen molar-refractivity contribution in [2.24, 2.45) is 0 Å². The van der Waals surface area contributed by atoms with Gasteiger partial charge < -0.3 is 20.7 Å². The molecule has 0 saturated carbocycles. The second-order valence-corrected chi connectivity index (χ2v) is 5.22. The molecular weight excluding hydrogens is 240 g/mol. The predicted octanol–water partition coefficient (Wildman–Crippen LogP) is 1.96. The van der Waals surface area contributed by atoms with E-state index in [0.29, 0.717) is 30.3 Å². The van der Waals surface area contributed by atoms with Crippen LogP contribution in [0.2, 0.25) is 0 Å². The molecule has 0 radical (unpaired) electrons. The highest BCUT2D eigenvalue weighted by molar-refractivity contribution is 5.53. The maximum absolute atomic E-state index is 5.83. The van der Waals surface area contributed by atoms with E-state index in [-0.39, 0.29) is 0 Å². The van der Waals surface area contributed by atoms with Crippen molar-refractivity contribution in [3.63, 3.8) is 0 Å². The van der Waals surface area contributed by atoms with Crippen LogP contribution in [0.25, 0.3) is 0 Å². The first-order valence-electron chi connectivity index (χ1n) is 6.96. The zero-order valence-corrected chi connectivity index (χ0v) is 12.0. The number of rotatable bonds is 4. The van der Waals surface area contributed by atoms with E-state index in [4.69, 9.17) is 10.5 Å². The van der Waals surface area contributed by atoms with Gasteiger partial charge in [0.2, 0.25) is 5.88 Å². The molecule has 0 amide bonds. The van der Waals surface area contributed by atoms with Gasteiger partial charge in [0.1, 0.15) is 5.82 Å². The second kappa shape index (κ2) is 6.10. The molecule has 1 aliphatic rings. The van der Waals surface area contributed by atoms with Gasteiger partial charge in [0, 0.05) is 18.6 Å². The van der Waals surface area contributed by atoms with Gasteiger partial charge in [-0.15, -0.1) is 0 Å². The number of ether oxygens (including phenoxy) is 1. The molecule has 0 aromatic carbocycles. The van der Waals surface area contributed by atoms with Crippen LogP contribution in [-0.2, 0) is 0 Å². The first-order valence-corrected chi connectivity index (χ1v) is 6.96. The molecule has 2 atom stereocenters. The minimum atomic E-state index is 0.469. The Morgan fingerprint density at radius 2 is 2.32 bits per heavy atom. The molecule has 106 valence electrons. The summed E-state index contributed by atoms with van der Waals surface area (Å²) in [6.07, 6.45) is 2.27. The summed E-state index contributed by atoms with van der Waals surface area (Å²) in [5, 5.41) is 3.48. The van der Waals surface area contributed by atoms with Gasteiger partial charge in [-0.1, -0.05) is 0 Å². The Bertz CT molecular complexity index is 424. The Morgan fingerprint density at radius 1 is 1.53 bits per heavy atom. The fraction of sp³-hybridized carbons (Fsp3) is 0.643. The van der Waals surface area contributed by atoms with Crippen molar-refractivity contribution in [3.05, 3.63) is 12.1 Å². The summed E-state index contributed by atoms with van der Waals surface area (Å²) in [7, 11) is 2.18. The van der Waals surface area contributed by atoms with Crippen LogP contribution in [0.5, 0.6) is 5.88 Å². The van der Waals surface area contributed by atoms with Gasteiger partial charge in [-0.05, 0) is 45.9 Å². The summed E-state index contributed by atoms with van der Waals surface area (Å²) in [6, 6.07) is 4.84. The minimum Gasteiger partial charge on any atom is -0.476 e. The maximum atomic E-state index is 5.83. The summed E-state index contributed by atoms with van der Waals surface area (Å²) in [4.78, 5) is 6.82. The molecule has 1 aromatic rings. The molecule has 2 unspecified atom stereocenters. The Hall–Kier alpha value is -1.49. The summed E-state index contributed by atoms with van der Waals surface area (Å²) in [6.45, 7) is 5.88. The number of anilines is 2. The number of piperidine rings is 1. The van der Waals surface area contributed by atoms with E-state index >= 15 is 0 Å². The van der Waals surface area contributed by atoms with E-state index < -0.39 is 0 Å². The lowest BCUT2D eigenvalue weighted by molar-refractivity contribution is 0.190. The third-order valence-electron chi connectivity index (χ3n) is 3.73. The van der Waals surface area contributed by atoms with Crippen molar-refractivity contribution in [1.29, 1.82) is 0 Å². The standard InChI is InChI=1S/C14H24N4O/c1-4-19-14-12(15)5-6-13(17-14)16-11-7-8-18(3)10(2)9-11/h5-6,10-11H,4,7-9,15H2,1-3H3,(H,16,17). The Morgan fingerprint density at radius 3 is 3.00 bits per heavy atom. The number of hydrogen-bond acceptors (Lipinski definition) is 5. The Kier molecular flexibility index (Phi) is 4.47. The van der Waals surface area contributed by atoms with E-state index in [9.17, 15) is 0 Å². The van der Waals surface area contributed by atoms with Crippen molar-refractivity contribution in [3.8, 4) is 5.88 Å². The number of hydrogen-bond donors (Lipinski definition) is 2. The predicted molar refractivity (Wildman–Crippen MR) is 78.6 cm³/mol. The molecule has 5 heteroatoms. The zero-order valence-electron chi connectivity index (χ0n) is 12.0. The molecule has 2 heterocycles. The normalized spacial score (nSPS) is 24.2. The van der Waals surface area contributed by atoms with Crippen LogP contribution in [0.4, 0.5) is 11.5 Å². The highest BCUT2D eigenvalue weighted by atomic mass is 16.5. The first-order chi connectivity index (χ1) is 9.10. The largest absolute Gasteiger partial charge is 0.476 e. The van der Waals surface area contributed by atoms with Crippen molar-refractivity contribution in [1.82, 2.24) is 9.88 Å². The summed E-state index contributed by atoms with van der Waals surface area (Å²) in [5.74, 6) is 1.37. The van der Waals surface area contributed by atoms with Crippen LogP contribution in [0, 0.1) is 0 Å². The third-order valence-corrected chi connectivity index (χ3v) is 3.73. The van der Waals surface area contributed by atoms with Gasteiger partial charge in [0.05, 0.1) is 12.3 Å². The van der Waals surface area contributed by atoms with Gasteiger partial charge >= 0.3 is 0 Å². The Balaban J connectivity index is 2.01. The van der Waals surface area contributed by atoms with E-state index in [2.05, 4.69) is 29.2 Å². The molecule has 0 spiro atoms. The molecule has 2 rings (SSSR count). The first kappa shape index (κ1) is 13.9. The van der Waals surface area contributed by atoms with Crippen molar-refractivity contribution in [2.75, 3.05) is 31.2 Å². The van der Waals surface area contributed by atoms with Crippen LogP contribution in [0.15, 0.2) is 12.1 Å². The molecule has 1 fully saturated rings. The number of nitrogens with one attached hydrogen (secondary N) is 1. The third kappa shape index (κ3) is 3.50. The van der Waals surface area contributed by atoms with Gasteiger partial charge in [0.15, 0.2) is 0 Å². The Labute approximate surface area is 115 Å². The molecule has 1 saturated heterocycles. The van der Waals surface area contributed by atoms with Crippen LogP contribution in [-0.4, -0.2) is 42.2 Å². The van der Waals surface area contributed by atoms with E-state index in [1.165, 1.54) is 0 Å². The van der Waals surface area contributed by atoms with Gasteiger partial charge in [-0.3, -0.25) is 0 Å². The number of nitrogens with zero attached hydrogens (tertiary/aromatic N) is 2. The van der Waals surface area contributed by atoms with Crippen molar-refractivity contribution in [2.45, 2.75) is 38.8 Å². The molecule has 1 aliphatic heterocycles. The van der Waals surface area contributed by atoms with Gasteiger partial charge in [-0.2, -0.15) is 4.98 Å². The fourth-order valence-electron chi connectivity index (χ4n) is 2.41. The number of aromatic nitrogens is 1. The van der Waals surface area contributed by atoms with Crippen molar-refractivity contribution >= 4 is 11.5 Å². The van der Waals surface area contributed by atoms with Crippen LogP contribution in [0.1, 0.15) is 26.7 Å². The highest BCUT2D eigenvalue weighted by Gasteiger charge is 2.22. The number of likely N-dealkylation sites (tertiary alicyclic amines) is 1. The molecule has 3 N–H and O–H groups in total. The monoisotopic (exact) mass is 264 g/mol. The summed E-state index contributed by atoms with van der Waals surface area (Å²) >= 11 is 0. The van der Waals surface area contributed by atoms with E-state index in [1.54, 1.807) is 0 Å². The van der Waals surface area contributed by atoms with Gasteiger partial charge in [0.25, 0.3) is 0 Å². The maximum Gasteiger partial charge on any atom is 0.239 e. The number of nitrogen functional groups attached to an aromatic ring is 1. The zero-order chi connectivity index (χ0) is 13.8. The smallest absolute Gasteiger partial charge is 0.239 e. The SMILES string of the molecule is CCOc1nc(NC2CCN(C)C(C)C2)ccc1N. The summed E-state index contributed by atoms with van der Waals surface area (Å²) in [5.41, 5.74) is 6.41. The molecule has 0 bridgehead atoms. The lowest BCUT2D eigenvalue weighted by atomic mass is 9.99. The number of nitrogens with two attached hydrogens (primary N) is 1. The topological polar surface area (TPSA) is 63.4 Å². The van der Waals surface area contributed by atoms with E-state index in [1.807, 2.05) is 19.1 Å². The van der Waals surface area contributed by atoms with Gasteiger partial charge in [-0.25, -0.2) is 0 Å². The fourth-order valence-corrected chi connectivity index (χ4v) is 2.41.